The van der Waals surface area contributed by atoms with Crippen LogP contribution in [0.1, 0.15) is 0 Å². The molecular weight excluding hydrogens is 174 g/mol. The molecule has 0 unspecified atom stereocenters. The van der Waals surface area contributed by atoms with Crippen LogP contribution in [0.25, 0.3) is 10.9 Å². The van der Waals surface area contributed by atoms with Gasteiger partial charge in [-0.2, -0.15) is 0 Å². The second kappa shape index (κ2) is 2.60. The van der Waals surface area contributed by atoms with E-state index < -0.39 is 0 Å². The summed E-state index contributed by atoms with van der Waals surface area (Å²) in [6.45, 7) is 0. The summed E-state index contributed by atoms with van der Waals surface area (Å²) in [5.41, 5.74) is 6.39. The van der Waals surface area contributed by atoms with Gasteiger partial charge < -0.3 is 5.73 Å². The summed E-state index contributed by atoms with van der Waals surface area (Å²) in [6.07, 6.45) is 1.69. The number of hydrogen-bond acceptors (Lipinski definition) is 3. The predicted octanol–water partition coefficient (Wildman–Crippen LogP) is 1.87. The minimum Gasteiger partial charge on any atom is -0.383 e. The molecule has 12 heavy (non-hydrogen) atoms. The van der Waals surface area contributed by atoms with Gasteiger partial charge >= 0.3 is 0 Å². The Morgan fingerprint density at radius 1 is 1.42 bits per heavy atom. The Morgan fingerprint density at radius 3 is 3.08 bits per heavy atom. The van der Waals surface area contributed by atoms with Crippen LogP contribution in [0, 0.1) is 0 Å². The molecule has 0 spiro atoms. The van der Waals surface area contributed by atoms with Gasteiger partial charge in [0.1, 0.15) is 11.0 Å². The van der Waals surface area contributed by atoms with Crippen molar-refractivity contribution in [2.75, 3.05) is 5.73 Å². The van der Waals surface area contributed by atoms with Gasteiger partial charge in [-0.3, -0.25) is 4.98 Å². The van der Waals surface area contributed by atoms with E-state index in [1.165, 1.54) is 0 Å². The predicted molar refractivity (Wildman–Crippen MR) is 49.0 cm³/mol. The molecule has 0 aliphatic rings. The van der Waals surface area contributed by atoms with Gasteiger partial charge in [-0.05, 0) is 12.1 Å². The summed E-state index contributed by atoms with van der Waals surface area (Å²) < 4.78 is 0. The Kier molecular flexibility index (Phi) is 1.59. The van der Waals surface area contributed by atoms with Crippen LogP contribution in [-0.4, -0.2) is 9.97 Å². The van der Waals surface area contributed by atoms with E-state index in [0.717, 1.165) is 10.9 Å². The van der Waals surface area contributed by atoms with Crippen LogP contribution in [-0.2, 0) is 0 Å². The molecule has 2 heterocycles. The van der Waals surface area contributed by atoms with Gasteiger partial charge in [0, 0.05) is 17.6 Å². The fraction of sp³-hybridized carbons (Fsp3) is 0. The molecule has 0 atom stereocenters. The second-order valence-corrected chi connectivity index (χ2v) is 2.79. The van der Waals surface area contributed by atoms with Gasteiger partial charge in [0.2, 0.25) is 0 Å². The zero-order valence-corrected chi connectivity index (χ0v) is 6.92. The highest BCUT2D eigenvalue weighted by atomic mass is 35.5. The molecule has 60 valence electrons. The van der Waals surface area contributed by atoms with E-state index in [9.17, 15) is 0 Å². The van der Waals surface area contributed by atoms with Crippen molar-refractivity contribution < 1.29 is 0 Å². The van der Waals surface area contributed by atoms with Gasteiger partial charge in [-0.1, -0.05) is 11.6 Å². The molecule has 4 heteroatoms. The van der Waals surface area contributed by atoms with Crippen molar-refractivity contribution in [1.29, 1.82) is 0 Å². The van der Waals surface area contributed by atoms with Crippen LogP contribution < -0.4 is 5.73 Å². The lowest BCUT2D eigenvalue weighted by molar-refractivity contribution is 1.33. The maximum atomic E-state index is 5.69. The highest BCUT2D eigenvalue weighted by Crippen LogP contribution is 2.19. The van der Waals surface area contributed by atoms with Gasteiger partial charge in [0.25, 0.3) is 0 Å². The maximum absolute atomic E-state index is 5.69. The van der Waals surface area contributed by atoms with Gasteiger partial charge in [-0.15, -0.1) is 0 Å². The molecule has 0 aliphatic heterocycles. The van der Waals surface area contributed by atoms with Crippen LogP contribution in [0.5, 0.6) is 0 Å². The summed E-state index contributed by atoms with van der Waals surface area (Å²) in [6, 6.07) is 5.36. The SMILES string of the molecule is Nc1nc(Cl)cc2ncccc12. The monoisotopic (exact) mass is 179 g/mol. The molecule has 0 saturated carbocycles. The van der Waals surface area contributed by atoms with Crippen molar-refractivity contribution in [3.63, 3.8) is 0 Å². The first-order valence-electron chi connectivity index (χ1n) is 3.44. The fourth-order valence-corrected chi connectivity index (χ4v) is 1.26. The maximum Gasteiger partial charge on any atom is 0.134 e. The van der Waals surface area contributed by atoms with E-state index in [0.29, 0.717) is 11.0 Å². The van der Waals surface area contributed by atoms with Crippen LogP contribution in [0.2, 0.25) is 5.15 Å². The average Bonchev–Trinajstić information content (AvgIpc) is 2.04. The van der Waals surface area contributed by atoms with Crippen molar-refractivity contribution in [3.8, 4) is 0 Å². The normalized spacial score (nSPS) is 10.4. The first-order valence-corrected chi connectivity index (χ1v) is 3.82. The molecule has 3 nitrogen and oxygen atoms in total. The molecule has 2 aromatic heterocycles. The third-order valence-corrected chi connectivity index (χ3v) is 1.79. The fourth-order valence-electron chi connectivity index (χ4n) is 1.07. The molecule has 0 fully saturated rings. The minimum absolute atomic E-state index is 0.374. The lowest BCUT2D eigenvalue weighted by Gasteiger charge is -1.99. The molecule has 0 saturated heterocycles. The molecule has 0 bridgehead atoms. The average molecular weight is 180 g/mol. The molecule has 0 aliphatic carbocycles. The molecular formula is C8H6ClN3. The number of nitrogens with zero attached hydrogens (tertiary/aromatic N) is 2. The van der Waals surface area contributed by atoms with Gasteiger partial charge in [-0.25, -0.2) is 4.98 Å². The van der Waals surface area contributed by atoms with E-state index in [2.05, 4.69) is 9.97 Å². The van der Waals surface area contributed by atoms with Crippen LogP contribution in [0.3, 0.4) is 0 Å². The zero-order chi connectivity index (χ0) is 8.55. The van der Waals surface area contributed by atoms with E-state index >= 15 is 0 Å². The van der Waals surface area contributed by atoms with Crippen molar-refractivity contribution in [2.24, 2.45) is 0 Å². The molecule has 2 N–H and O–H groups in total. The number of hydrogen-bond donors (Lipinski definition) is 1. The number of aromatic nitrogens is 2. The number of fused-ring (bicyclic) bond motifs is 1. The number of nitrogens with two attached hydrogens (primary N) is 1. The quantitative estimate of drug-likeness (QED) is 0.628. The molecule has 0 aromatic carbocycles. The Balaban J connectivity index is 2.89. The molecule has 0 radical (unpaired) electrons. The first kappa shape index (κ1) is 7.31. The summed E-state index contributed by atoms with van der Waals surface area (Å²) in [7, 11) is 0. The lowest BCUT2D eigenvalue weighted by atomic mass is 10.2. The Morgan fingerprint density at radius 2 is 2.25 bits per heavy atom. The summed E-state index contributed by atoms with van der Waals surface area (Å²) >= 11 is 5.69. The topological polar surface area (TPSA) is 51.8 Å². The van der Waals surface area contributed by atoms with Crippen molar-refractivity contribution in [3.05, 3.63) is 29.5 Å². The molecule has 0 amide bonds. The zero-order valence-electron chi connectivity index (χ0n) is 6.16. The van der Waals surface area contributed by atoms with Crippen LogP contribution in [0.4, 0.5) is 5.82 Å². The Hall–Kier alpha value is -1.35. The van der Waals surface area contributed by atoms with Crippen LogP contribution >= 0.6 is 11.6 Å². The summed E-state index contributed by atoms with van der Waals surface area (Å²) in [4.78, 5) is 8.00. The van der Waals surface area contributed by atoms with Gasteiger partial charge in [0.05, 0.1) is 5.52 Å². The van der Waals surface area contributed by atoms with Gasteiger partial charge in [0.15, 0.2) is 0 Å². The Labute approximate surface area is 74.2 Å². The molecule has 2 aromatic rings. The summed E-state index contributed by atoms with van der Waals surface area (Å²) in [5, 5.41) is 1.21. The van der Waals surface area contributed by atoms with E-state index in [4.69, 9.17) is 17.3 Å². The van der Waals surface area contributed by atoms with E-state index in [1.54, 1.807) is 12.3 Å². The standard InChI is InChI=1S/C8H6ClN3/c9-7-4-6-5(8(10)12-7)2-1-3-11-6/h1-4H,(H2,10,12). The third-order valence-electron chi connectivity index (χ3n) is 1.60. The second-order valence-electron chi connectivity index (χ2n) is 2.40. The highest BCUT2D eigenvalue weighted by Gasteiger charge is 2.00. The molecule has 2 rings (SSSR count). The lowest BCUT2D eigenvalue weighted by Crippen LogP contribution is -1.92. The first-order chi connectivity index (χ1) is 5.77. The van der Waals surface area contributed by atoms with Crippen molar-refractivity contribution in [1.82, 2.24) is 9.97 Å². The smallest absolute Gasteiger partial charge is 0.134 e. The van der Waals surface area contributed by atoms with E-state index in [1.807, 2.05) is 12.1 Å². The number of rotatable bonds is 0. The van der Waals surface area contributed by atoms with Crippen molar-refractivity contribution >= 4 is 28.3 Å². The number of anilines is 1. The van der Waals surface area contributed by atoms with Crippen molar-refractivity contribution in [2.45, 2.75) is 0 Å². The van der Waals surface area contributed by atoms with E-state index in [-0.39, 0.29) is 0 Å². The number of pyridine rings is 2. The summed E-state index contributed by atoms with van der Waals surface area (Å²) in [5.74, 6) is 0.422. The number of halogens is 1. The third kappa shape index (κ3) is 1.08. The largest absolute Gasteiger partial charge is 0.383 e. The van der Waals surface area contributed by atoms with Crippen LogP contribution in [0.15, 0.2) is 24.4 Å². The number of nitrogen functional groups attached to an aromatic ring is 1. The highest BCUT2D eigenvalue weighted by molar-refractivity contribution is 6.30. The Bertz CT molecular complexity index is 428. The minimum atomic E-state index is 0.374.